The Balaban J connectivity index is 1.86. The minimum Gasteiger partial charge on any atom is -0.491 e. The van der Waals surface area contributed by atoms with Crippen molar-refractivity contribution >= 4 is 5.78 Å². The lowest BCUT2D eigenvalue weighted by Crippen LogP contribution is -2.36. The van der Waals surface area contributed by atoms with Crippen LogP contribution in [0.5, 0.6) is 5.75 Å². The first-order chi connectivity index (χ1) is 9.58. The lowest BCUT2D eigenvalue weighted by Gasteiger charge is -2.26. The molecule has 3 nitrogen and oxygen atoms in total. The van der Waals surface area contributed by atoms with Crippen molar-refractivity contribution < 1.29 is 9.53 Å². The number of nitrogens with zero attached hydrogens (tertiary/aromatic N) is 1. The Bertz CT molecular complexity index is 452. The van der Waals surface area contributed by atoms with Crippen molar-refractivity contribution in [2.24, 2.45) is 5.92 Å². The van der Waals surface area contributed by atoms with E-state index in [0.29, 0.717) is 24.0 Å². The molecule has 0 saturated heterocycles. The van der Waals surface area contributed by atoms with Crippen molar-refractivity contribution in [1.82, 2.24) is 4.90 Å². The second kappa shape index (κ2) is 6.89. The van der Waals surface area contributed by atoms with Crippen LogP contribution in [-0.2, 0) is 0 Å². The maximum Gasteiger partial charge on any atom is 0.163 e. The van der Waals surface area contributed by atoms with E-state index in [1.54, 1.807) is 6.92 Å². The Labute approximate surface area is 121 Å². The molecule has 0 aliphatic heterocycles. The average Bonchev–Trinajstić information content (AvgIpc) is 3.21. The van der Waals surface area contributed by atoms with Crippen LogP contribution in [0.3, 0.4) is 0 Å². The zero-order valence-electron chi connectivity index (χ0n) is 12.8. The highest BCUT2D eigenvalue weighted by Crippen LogP contribution is 2.30. The summed E-state index contributed by atoms with van der Waals surface area (Å²) in [5.41, 5.74) is 0.672. The van der Waals surface area contributed by atoms with Crippen LogP contribution in [0.25, 0.3) is 0 Å². The molecule has 0 unspecified atom stereocenters. The standard InChI is InChI=1S/C17H25NO2/c1-13(2)18(12-15-8-9-15)10-11-20-17-7-5-4-6-16(17)14(3)19/h4-7,13,15H,8-12H2,1-3H3. The highest BCUT2D eigenvalue weighted by Gasteiger charge is 2.25. The molecule has 20 heavy (non-hydrogen) atoms. The van der Waals surface area contributed by atoms with E-state index in [0.717, 1.165) is 12.5 Å². The van der Waals surface area contributed by atoms with E-state index >= 15 is 0 Å². The topological polar surface area (TPSA) is 29.5 Å². The van der Waals surface area contributed by atoms with E-state index < -0.39 is 0 Å². The Kier molecular flexibility index (Phi) is 5.18. The molecule has 0 aromatic heterocycles. The van der Waals surface area contributed by atoms with E-state index in [2.05, 4.69) is 18.7 Å². The van der Waals surface area contributed by atoms with Crippen LogP contribution in [0, 0.1) is 5.92 Å². The van der Waals surface area contributed by atoms with E-state index in [4.69, 9.17) is 4.74 Å². The normalized spacial score (nSPS) is 14.8. The number of Topliss-reactive ketones (excluding diaryl/α,β-unsaturated/α-hetero) is 1. The fraction of sp³-hybridized carbons (Fsp3) is 0.588. The Hall–Kier alpha value is -1.35. The zero-order chi connectivity index (χ0) is 14.5. The summed E-state index contributed by atoms with van der Waals surface area (Å²) >= 11 is 0. The molecular weight excluding hydrogens is 250 g/mol. The van der Waals surface area contributed by atoms with E-state index in [9.17, 15) is 4.79 Å². The number of ketones is 1. The molecule has 1 fully saturated rings. The maximum absolute atomic E-state index is 11.5. The number of benzene rings is 1. The Morgan fingerprint density at radius 3 is 2.65 bits per heavy atom. The van der Waals surface area contributed by atoms with Gasteiger partial charge in [-0.05, 0) is 51.7 Å². The highest BCUT2D eigenvalue weighted by atomic mass is 16.5. The zero-order valence-corrected chi connectivity index (χ0v) is 12.8. The molecule has 0 bridgehead atoms. The first-order valence-corrected chi connectivity index (χ1v) is 7.54. The number of rotatable bonds is 8. The van der Waals surface area contributed by atoms with E-state index in [1.165, 1.54) is 19.4 Å². The summed E-state index contributed by atoms with van der Waals surface area (Å²) in [4.78, 5) is 14.0. The second-order valence-corrected chi connectivity index (χ2v) is 5.93. The summed E-state index contributed by atoms with van der Waals surface area (Å²) in [6.07, 6.45) is 2.74. The van der Waals surface area contributed by atoms with Gasteiger partial charge in [-0.15, -0.1) is 0 Å². The highest BCUT2D eigenvalue weighted by molar-refractivity contribution is 5.96. The van der Waals surface area contributed by atoms with Crippen LogP contribution in [0.2, 0.25) is 0 Å². The van der Waals surface area contributed by atoms with Gasteiger partial charge in [-0.25, -0.2) is 0 Å². The maximum atomic E-state index is 11.5. The predicted octanol–water partition coefficient (Wildman–Crippen LogP) is 3.39. The molecular formula is C17H25NO2. The third-order valence-electron chi connectivity index (χ3n) is 3.82. The molecule has 0 heterocycles. The molecule has 110 valence electrons. The first kappa shape index (κ1) is 15.0. The molecule has 0 atom stereocenters. The number of ether oxygens (including phenoxy) is 1. The minimum absolute atomic E-state index is 0.0549. The lowest BCUT2D eigenvalue weighted by molar-refractivity contribution is 0.101. The van der Waals surface area contributed by atoms with Crippen LogP contribution in [0.15, 0.2) is 24.3 Å². The molecule has 0 radical (unpaired) electrons. The predicted molar refractivity (Wildman–Crippen MR) is 81.4 cm³/mol. The summed E-state index contributed by atoms with van der Waals surface area (Å²) in [6.45, 7) is 8.76. The molecule has 3 heteroatoms. The molecule has 1 aromatic carbocycles. The number of carbonyl (C=O) groups is 1. The van der Waals surface area contributed by atoms with Crippen molar-refractivity contribution in [2.45, 2.75) is 39.7 Å². The van der Waals surface area contributed by atoms with E-state index in [1.807, 2.05) is 24.3 Å². The fourth-order valence-corrected chi connectivity index (χ4v) is 2.35. The monoisotopic (exact) mass is 275 g/mol. The van der Waals surface area contributed by atoms with Crippen LogP contribution in [0.1, 0.15) is 44.0 Å². The van der Waals surface area contributed by atoms with Crippen LogP contribution >= 0.6 is 0 Å². The third-order valence-corrected chi connectivity index (χ3v) is 3.82. The van der Waals surface area contributed by atoms with Crippen molar-refractivity contribution in [3.63, 3.8) is 0 Å². The van der Waals surface area contributed by atoms with Gasteiger partial charge in [-0.2, -0.15) is 0 Å². The second-order valence-electron chi connectivity index (χ2n) is 5.93. The number of carbonyl (C=O) groups excluding carboxylic acids is 1. The van der Waals surface area contributed by atoms with Crippen LogP contribution < -0.4 is 4.74 Å². The fourth-order valence-electron chi connectivity index (χ4n) is 2.35. The first-order valence-electron chi connectivity index (χ1n) is 7.54. The average molecular weight is 275 g/mol. The molecule has 0 amide bonds. The van der Waals surface area contributed by atoms with Crippen LogP contribution in [-0.4, -0.2) is 36.4 Å². The number of para-hydroxylation sites is 1. The minimum atomic E-state index is 0.0549. The van der Waals surface area contributed by atoms with Crippen molar-refractivity contribution in [3.05, 3.63) is 29.8 Å². The summed E-state index contributed by atoms with van der Waals surface area (Å²) in [5.74, 6) is 1.65. The van der Waals surface area contributed by atoms with Crippen molar-refractivity contribution in [3.8, 4) is 5.75 Å². The third kappa shape index (κ3) is 4.34. The molecule has 2 rings (SSSR count). The molecule has 1 aliphatic rings. The quantitative estimate of drug-likeness (QED) is 0.681. The molecule has 0 N–H and O–H groups in total. The summed E-state index contributed by atoms with van der Waals surface area (Å²) in [5, 5.41) is 0. The van der Waals surface area contributed by atoms with Crippen molar-refractivity contribution in [2.75, 3.05) is 19.7 Å². The molecule has 0 spiro atoms. The van der Waals surface area contributed by atoms with Gasteiger partial charge in [-0.1, -0.05) is 12.1 Å². The van der Waals surface area contributed by atoms with Gasteiger partial charge in [0.25, 0.3) is 0 Å². The van der Waals surface area contributed by atoms with Gasteiger partial charge in [0.15, 0.2) is 5.78 Å². The summed E-state index contributed by atoms with van der Waals surface area (Å²) in [6, 6.07) is 8.02. The largest absolute Gasteiger partial charge is 0.491 e. The van der Waals surface area contributed by atoms with Gasteiger partial charge >= 0.3 is 0 Å². The summed E-state index contributed by atoms with van der Waals surface area (Å²) < 4.78 is 5.82. The van der Waals surface area contributed by atoms with Gasteiger partial charge in [0.05, 0.1) is 5.56 Å². The van der Waals surface area contributed by atoms with Gasteiger partial charge in [0, 0.05) is 19.1 Å². The summed E-state index contributed by atoms with van der Waals surface area (Å²) in [7, 11) is 0. The number of hydrogen-bond donors (Lipinski definition) is 0. The molecule has 1 saturated carbocycles. The Morgan fingerprint density at radius 1 is 1.35 bits per heavy atom. The smallest absolute Gasteiger partial charge is 0.163 e. The Morgan fingerprint density at radius 2 is 2.05 bits per heavy atom. The van der Waals surface area contributed by atoms with E-state index in [-0.39, 0.29) is 5.78 Å². The van der Waals surface area contributed by atoms with Gasteiger partial charge < -0.3 is 4.74 Å². The van der Waals surface area contributed by atoms with Gasteiger partial charge in [-0.3, -0.25) is 9.69 Å². The molecule has 1 aliphatic carbocycles. The SMILES string of the molecule is CC(=O)c1ccccc1OCCN(CC1CC1)C(C)C. The number of hydrogen-bond acceptors (Lipinski definition) is 3. The molecule has 1 aromatic rings. The van der Waals surface area contributed by atoms with Crippen molar-refractivity contribution in [1.29, 1.82) is 0 Å². The van der Waals surface area contributed by atoms with Crippen LogP contribution in [0.4, 0.5) is 0 Å². The lowest BCUT2D eigenvalue weighted by atomic mass is 10.1. The van der Waals surface area contributed by atoms with Gasteiger partial charge in [0.2, 0.25) is 0 Å². The van der Waals surface area contributed by atoms with Gasteiger partial charge in [0.1, 0.15) is 12.4 Å².